The van der Waals surface area contributed by atoms with Crippen molar-refractivity contribution in [2.24, 2.45) is 22.7 Å². The summed E-state index contributed by atoms with van der Waals surface area (Å²) in [6, 6.07) is 0. The van der Waals surface area contributed by atoms with Crippen LogP contribution in [0, 0.1) is 22.7 Å². The van der Waals surface area contributed by atoms with E-state index in [-0.39, 0.29) is 11.4 Å². The van der Waals surface area contributed by atoms with E-state index in [4.69, 9.17) is 23.7 Å². The lowest BCUT2D eigenvalue weighted by molar-refractivity contribution is -0.307. The zero-order valence-electron chi connectivity index (χ0n) is 15.0. The van der Waals surface area contributed by atoms with Gasteiger partial charge in [-0.25, -0.2) is 0 Å². The van der Waals surface area contributed by atoms with Gasteiger partial charge in [-0.15, -0.1) is 0 Å². The highest BCUT2D eigenvalue weighted by Gasteiger charge is 2.85. The van der Waals surface area contributed by atoms with Crippen LogP contribution in [0.15, 0.2) is 0 Å². The Balaban J connectivity index is 1.51. The predicted octanol–water partition coefficient (Wildman–Crippen LogP) is 2.73. The van der Waals surface area contributed by atoms with Gasteiger partial charge in [-0.2, -0.15) is 0 Å². The molecule has 1 spiro atoms. The maximum absolute atomic E-state index is 6.43. The van der Waals surface area contributed by atoms with E-state index >= 15 is 0 Å². The van der Waals surface area contributed by atoms with E-state index < -0.39 is 0 Å². The van der Waals surface area contributed by atoms with Gasteiger partial charge in [0.1, 0.15) is 6.79 Å². The van der Waals surface area contributed by atoms with E-state index in [9.17, 15) is 0 Å². The Kier molecular flexibility index (Phi) is 3.45. The van der Waals surface area contributed by atoms with Gasteiger partial charge in [0.2, 0.25) is 0 Å². The summed E-state index contributed by atoms with van der Waals surface area (Å²) in [5.41, 5.74) is 0.628. The molecule has 0 amide bonds. The highest BCUT2D eigenvalue weighted by Crippen LogP contribution is 2.82. The number of hydrogen-bond donors (Lipinski definition) is 0. The SMILES string of the molecule is COCOCC[C@@]12C[C@@H](C3(C[C@@H]1C)OCCO3)[C@@]13CCC[C@@]21CO3. The number of rotatable bonds is 5. The van der Waals surface area contributed by atoms with E-state index in [0.29, 0.717) is 29.5 Å². The highest BCUT2D eigenvalue weighted by atomic mass is 16.7. The van der Waals surface area contributed by atoms with Crippen molar-refractivity contribution in [3.63, 3.8) is 0 Å². The molecule has 3 saturated carbocycles. The summed E-state index contributed by atoms with van der Waals surface area (Å²) in [6.07, 6.45) is 7.04. The van der Waals surface area contributed by atoms with Gasteiger partial charge in [0.25, 0.3) is 0 Å². The molecule has 0 N–H and O–H groups in total. The van der Waals surface area contributed by atoms with Crippen LogP contribution in [-0.4, -0.2) is 51.7 Å². The van der Waals surface area contributed by atoms with Crippen LogP contribution in [0.3, 0.4) is 0 Å². The van der Waals surface area contributed by atoms with E-state index in [0.717, 1.165) is 39.3 Å². The van der Waals surface area contributed by atoms with Gasteiger partial charge in [0, 0.05) is 31.5 Å². The summed E-state index contributed by atoms with van der Waals surface area (Å²) in [6.45, 7) is 5.97. The van der Waals surface area contributed by atoms with Crippen molar-refractivity contribution >= 4 is 0 Å². The first-order valence-corrected chi connectivity index (χ1v) is 9.63. The number of ether oxygens (including phenoxy) is 5. The van der Waals surface area contributed by atoms with Crippen molar-refractivity contribution in [1.82, 2.24) is 0 Å². The fraction of sp³-hybridized carbons (Fsp3) is 1.00. The van der Waals surface area contributed by atoms with E-state index in [1.807, 2.05) is 0 Å². The van der Waals surface area contributed by atoms with Crippen LogP contribution in [0.2, 0.25) is 0 Å². The van der Waals surface area contributed by atoms with Gasteiger partial charge in [-0.1, -0.05) is 6.92 Å². The Bertz CT molecular complexity index is 518. The van der Waals surface area contributed by atoms with Gasteiger partial charge in [0.15, 0.2) is 5.79 Å². The monoisotopic (exact) mass is 338 g/mol. The van der Waals surface area contributed by atoms with Crippen LogP contribution in [0.4, 0.5) is 0 Å². The molecule has 2 bridgehead atoms. The van der Waals surface area contributed by atoms with Crippen LogP contribution in [0.25, 0.3) is 0 Å². The fourth-order valence-electron chi connectivity index (χ4n) is 7.55. The van der Waals surface area contributed by atoms with Crippen molar-refractivity contribution < 1.29 is 23.7 Å². The molecule has 0 aromatic rings. The number of hydrogen-bond acceptors (Lipinski definition) is 5. The molecule has 0 radical (unpaired) electrons. The van der Waals surface area contributed by atoms with Crippen LogP contribution < -0.4 is 0 Å². The van der Waals surface area contributed by atoms with Gasteiger partial charge in [0.05, 0.1) is 25.4 Å². The standard InChI is InChI=1S/C19H30O5/c1-14-10-19(22-8-9-23-19)15-11-16(14,6-7-21-13-20-2)17-4-3-5-18(15,17)24-12-17/h14-15H,3-13H2,1-2H3/t14-,15+,16+,17+,18-/m0/s1. The third-order valence-corrected chi connectivity index (χ3v) is 8.36. The van der Waals surface area contributed by atoms with E-state index in [1.165, 1.54) is 25.7 Å². The molecular weight excluding hydrogens is 308 g/mol. The molecule has 2 aliphatic heterocycles. The quantitative estimate of drug-likeness (QED) is 0.570. The molecule has 2 heterocycles. The van der Waals surface area contributed by atoms with Gasteiger partial charge in [-0.05, 0) is 43.4 Å². The summed E-state index contributed by atoms with van der Waals surface area (Å²) in [7, 11) is 1.69. The van der Waals surface area contributed by atoms with Crippen molar-refractivity contribution in [1.29, 1.82) is 0 Å². The molecular formula is C19H30O5. The molecule has 136 valence electrons. The molecule has 0 aromatic carbocycles. The smallest absolute Gasteiger partial charge is 0.174 e. The Morgan fingerprint density at radius 2 is 1.92 bits per heavy atom. The number of fused-ring (bicyclic) bond motifs is 3. The van der Waals surface area contributed by atoms with Crippen LogP contribution in [-0.2, 0) is 23.7 Å². The number of methoxy groups -OCH3 is 1. The Hall–Kier alpha value is -0.200. The second-order valence-electron chi connectivity index (χ2n) is 8.71. The second kappa shape index (κ2) is 5.17. The topological polar surface area (TPSA) is 46.2 Å². The lowest BCUT2D eigenvalue weighted by Gasteiger charge is -2.60. The van der Waals surface area contributed by atoms with E-state index in [1.54, 1.807) is 7.11 Å². The molecule has 5 rings (SSSR count). The molecule has 5 heteroatoms. The van der Waals surface area contributed by atoms with Crippen LogP contribution in [0.1, 0.15) is 45.4 Å². The minimum absolute atomic E-state index is 0.00333. The van der Waals surface area contributed by atoms with Crippen LogP contribution in [0.5, 0.6) is 0 Å². The summed E-state index contributed by atoms with van der Waals surface area (Å²) >= 11 is 0. The molecule has 5 aliphatic rings. The van der Waals surface area contributed by atoms with Gasteiger partial charge in [-0.3, -0.25) is 0 Å². The third kappa shape index (κ3) is 1.60. The first-order valence-electron chi connectivity index (χ1n) is 9.63. The second-order valence-corrected chi connectivity index (χ2v) is 8.71. The lowest BCUT2D eigenvalue weighted by Crippen LogP contribution is -2.65. The lowest BCUT2D eigenvalue weighted by atomic mass is 9.53. The van der Waals surface area contributed by atoms with Gasteiger partial charge < -0.3 is 23.7 Å². The molecule has 0 unspecified atom stereocenters. The van der Waals surface area contributed by atoms with Crippen molar-refractivity contribution in [3.05, 3.63) is 0 Å². The average molecular weight is 338 g/mol. The molecule has 5 atom stereocenters. The average Bonchev–Trinajstić information content (AvgIpc) is 3.14. The summed E-state index contributed by atoms with van der Waals surface area (Å²) in [4.78, 5) is 0. The molecule has 2 saturated heterocycles. The molecule has 5 nitrogen and oxygen atoms in total. The summed E-state index contributed by atoms with van der Waals surface area (Å²) in [5, 5.41) is 0. The maximum Gasteiger partial charge on any atom is 0.174 e. The van der Waals surface area contributed by atoms with Crippen molar-refractivity contribution in [2.45, 2.75) is 56.8 Å². The van der Waals surface area contributed by atoms with Gasteiger partial charge >= 0.3 is 0 Å². The highest BCUT2D eigenvalue weighted by molar-refractivity contribution is 5.31. The fourth-order valence-corrected chi connectivity index (χ4v) is 7.55. The Morgan fingerprint density at radius 3 is 2.62 bits per heavy atom. The molecule has 0 aromatic heterocycles. The van der Waals surface area contributed by atoms with E-state index in [2.05, 4.69) is 6.92 Å². The largest absolute Gasteiger partial charge is 0.373 e. The third-order valence-electron chi connectivity index (χ3n) is 8.36. The normalized spacial score (nSPS) is 50.8. The minimum atomic E-state index is -0.386. The summed E-state index contributed by atoms with van der Waals surface area (Å²) in [5.74, 6) is 0.576. The molecule has 5 fully saturated rings. The first-order chi connectivity index (χ1) is 11.6. The van der Waals surface area contributed by atoms with Crippen molar-refractivity contribution in [3.8, 4) is 0 Å². The predicted molar refractivity (Wildman–Crippen MR) is 86.4 cm³/mol. The molecule has 24 heavy (non-hydrogen) atoms. The maximum atomic E-state index is 6.43. The zero-order chi connectivity index (χ0) is 16.5. The van der Waals surface area contributed by atoms with Crippen molar-refractivity contribution in [2.75, 3.05) is 40.3 Å². The Morgan fingerprint density at radius 1 is 1.08 bits per heavy atom. The zero-order valence-corrected chi connectivity index (χ0v) is 15.0. The van der Waals surface area contributed by atoms with Crippen LogP contribution >= 0.6 is 0 Å². The summed E-state index contributed by atoms with van der Waals surface area (Å²) < 4.78 is 29.8. The first kappa shape index (κ1) is 16.0. The minimum Gasteiger partial charge on any atom is -0.373 e. The Labute approximate surface area is 144 Å². The molecule has 3 aliphatic carbocycles.